The number of nitrogens with zero attached hydrogens (tertiary/aromatic N) is 2. The molecule has 1 heterocycles. The van der Waals surface area contributed by atoms with E-state index in [1.54, 1.807) is 23.1 Å². The van der Waals surface area contributed by atoms with Gasteiger partial charge in [0, 0.05) is 32.2 Å². The third kappa shape index (κ3) is 5.01. The van der Waals surface area contributed by atoms with E-state index in [0.29, 0.717) is 37.3 Å². The van der Waals surface area contributed by atoms with Gasteiger partial charge in [-0.05, 0) is 31.2 Å². The van der Waals surface area contributed by atoms with Gasteiger partial charge in [0.05, 0.1) is 12.2 Å². The molecule has 0 N–H and O–H groups in total. The van der Waals surface area contributed by atoms with Crippen molar-refractivity contribution >= 4 is 11.8 Å². The second kappa shape index (κ2) is 9.36. The monoisotopic (exact) mass is 404 g/mol. The number of rotatable bonds is 6. The fourth-order valence-electron chi connectivity index (χ4n) is 3.07. The zero-order valence-electron chi connectivity index (χ0n) is 16.1. The highest BCUT2D eigenvalue weighted by Gasteiger charge is 2.26. The van der Waals surface area contributed by atoms with Crippen molar-refractivity contribution in [2.45, 2.75) is 6.92 Å². The van der Waals surface area contributed by atoms with Crippen LogP contribution in [0.2, 0.25) is 0 Å². The molecule has 2 aromatic rings. The van der Waals surface area contributed by atoms with Gasteiger partial charge in [-0.25, -0.2) is 8.78 Å². The van der Waals surface area contributed by atoms with Crippen LogP contribution < -0.4 is 9.47 Å². The van der Waals surface area contributed by atoms with E-state index >= 15 is 0 Å². The van der Waals surface area contributed by atoms with Crippen molar-refractivity contribution in [1.29, 1.82) is 0 Å². The molecule has 1 aliphatic rings. The van der Waals surface area contributed by atoms with Gasteiger partial charge < -0.3 is 19.3 Å². The van der Waals surface area contributed by atoms with Crippen LogP contribution in [0.15, 0.2) is 42.5 Å². The van der Waals surface area contributed by atoms with Crippen molar-refractivity contribution in [2.75, 3.05) is 39.4 Å². The lowest BCUT2D eigenvalue weighted by Gasteiger charge is -2.34. The zero-order valence-corrected chi connectivity index (χ0v) is 16.1. The molecular formula is C21H22F2N2O4. The van der Waals surface area contributed by atoms with Crippen molar-refractivity contribution in [3.63, 3.8) is 0 Å². The second-order valence-electron chi connectivity index (χ2n) is 6.47. The maximum Gasteiger partial charge on any atom is 0.260 e. The molecule has 0 aromatic heterocycles. The molecule has 0 bridgehead atoms. The molecule has 6 nitrogen and oxygen atoms in total. The van der Waals surface area contributed by atoms with Crippen molar-refractivity contribution in [2.24, 2.45) is 0 Å². The first kappa shape index (κ1) is 20.6. The number of hydrogen-bond donors (Lipinski definition) is 0. The number of piperazine rings is 1. The van der Waals surface area contributed by atoms with Crippen LogP contribution in [0.5, 0.6) is 11.5 Å². The van der Waals surface area contributed by atoms with Gasteiger partial charge in [0.25, 0.3) is 11.8 Å². The first-order valence-electron chi connectivity index (χ1n) is 9.36. The summed E-state index contributed by atoms with van der Waals surface area (Å²) in [5.74, 6) is -1.30. The maximum absolute atomic E-state index is 13.8. The molecule has 2 amide bonds. The van der Waals surface area contributed by atoms with Crippen molar-refractivity contribution in [3.05, 3.63) is 59.7 Å². The quantitative estimate of drug-likeness (QED) is 0.743. The van der Waals surface area contributed by atoms with Gasteiger partial charge in [0.2, 0.25) is 0 Å². The molecule has 1 saturated heterocycles. The van der Waals surface area contributed by atoms with E-state index < -0.39 is 17.5 Å². The summed E-state index contributed by atoms with van der Waals surface area (Å²) < 4.78 is 37.9. The summed E-state index contributed by atoms with van der Waals surface area (Å²) in [5.41, 5.74) is -0.179. The molecule has 0 radical (unpaired) electrons. The lowest BCUT2D eigenvalue weighted by molar-refractivity contribution is -0.134. The van der Waals surface area contributed by atoms with Gasteiger partial charge >= 0.3 is 0 Å². The number of ether oxygens (including phenoxy) is 2. The molecule has 2 aromatic carbocycles. The average Bonchev–Trinajstić information content (AvgIpc) is 2.73. The maximum atomic E-state index is 13.8. The third-order valence-corrected chi connectivity index (χ3v) is 4.58. The Morgan fingerprint density at radius 2 is 1.55 bits per heavy atom. The molecule has 29 heavy (non-hydrogen) atoms. The van der Waals surface area contributed by atoms with E-state index in [0.717, 1.165) is 12.1 Å². The number of hydrogen-bond acceptors (Lipinski definition) is 4. The minimum absolute atomic E-state index is 0.148. The first-order valence-corrected chi connectivity index (χ1v) is 9.36. The number of para-hydroxylation sites is 2. The highest BCUT2D eigenvalue weighted by atomic mass is 19.1. The predicted molar refractivity (Wildman–Crippen MR) is 102 cm³/mol. The zero-order chi connectivity index (χ0) is 20.8. The Balaban J connectivity index is 1.52. The van der Waals surface area contributed by atoms with E-state index in [-0.39, 0.29) is 31.2 Å². The van der Waals surface area contributed by atoms with Crippen LogP contribution >= 0.6 is 0 Å². The van der Waals surface area contributed by atoms with Crippen LogP contribution in [0.1, 0.15) is 17.3 Å². The third-order valence-electron chi connectivity index (χ3n) is 4.58. The van der Waals surface area contributed by atoms with E-state index in [1.165, 1.54) is 4.90 Å². The summed E-state index contributed by atoms with van der Waals surface area (Å²) >= 11 is 0. The fraction of sp³-hybridized carbons (Fsp3) is 0.333. The van der Waals surface area contributed by atoms with Crippen LogP contribution in [-0.4, -0.2) is 61.0 Å². The lowest BCUT2D eigenvalue weighted by atomic mass is 10.1. The van der Waals surface area contributed by atoms with Crippen molar-refractivity contribution < 1.29 is 27.8 Å². The standard InChI is InChI=1S/C21H22F2N2O4/c1-2-28-18-5-3-4-6-19(18)29-14-20(26)24-9-11-25(12-10-24)21(27)16-8-7-15(22)13-17(16)23/h3-8,13H,2,9-12,14H2,1H3. The number of carbonyl (C=O) groups excluding carboxylic acids is 2. The summed E-state index contributed by atoms with van der Waals surface area (Å²) in [6.45, 7) is 3.34. The van der Waals surface area contributed by atoms with Crippen LogP contribution in [0.3, 0.4) is 0 Å². The van der Waals surface area contributed by atoms with Crippen molar-refractivity contribution in [1.82, 2.24) is 9.80 Å². The van der Waals surface area contributed by atoms with Gasteiger partial charge in [-0.15, -0.1) is 0 Å². The van der Waals surface area contributed by atoms with Crippen LogP contribution in [0, 0.1) is 11.6 Å². The van der Waals surface area contributed by atoms with E-state index in [1.807, 2.05) is 13.0 Å². The van der Waals surface area contributed by atoms with Gasteiger partial charge in [0.1, 0.15) is 11.6 Å². The van der Waals surface area contributed by atoms with Crippen LogP contribution in [0.25, 0.3) is 0 Å². The largest absolute Gasteiger partial charge is 0.490 e. The fourth-order valence-corrected chi connectivity index (χ4v) is 3.07. The van der Waals surface area contributed by atoms with Gasteiger partial charge in [-0.1, -0.05) is 12.1 Å². The van der Waals surface area contributed by atoms with Gasteiger partial charge in [-0.3, -0.25) is 9.59 Å². The van der Waals surface area contributed by atoms with E-state index in [2.05, 4.69) is 0 Å². The Bertz CT molecular complexity index is 883. The van der Waals surface area contributed by atoms with Crippen LogP contribution in [-0.2, 0) is 4.79 Å². The van der Waals surface area contributed by atoms with Gasteiger partial charge in [-0.2, -0.15) is 0 Å². The topological polar surface area (TPSA) is 59.1 Å². The number of halogens is 2. The molecule has 0 spiro atoms. The SMILES string of the molecule is CCOc1ccccc1OCC(=O)N1CCN(C(=O)c2ccc(F)cc2F)CC1. The highest BCUT2D eigenvalue weighted by Crippen LogP contribution is 2.26. The molecule has 1 fully saturated rings. The lowest BCUT2D eigenvalue weighted by Crippen LogP contribution is -2.51. The smallest absolute Gasteiger partial charge is 0.260 e. The number of benzene rings is 2. The average molecular weight is 404 g/mol. The minimum atomic E-state index is -0.894. The van der Waals surface area contributed by atoms with Crippen molar-refractivity contribution in [3.8, 4) is 11.5 Å². The Labute approximate surface area is 167 Å². The molecule has 8 heteroatoms. The minimum Gasteiger partial charge on any atom is -0.490 e. The summed E-state index contributed by atoms with van der Waals surface area (Å²) in [5, 5.41) is 0. The number of carbonyl (C=O) groups is 2. The molecule has 0 unspecified atom stereocenters. The molecule has 1 aliphatic heterocycles. The Kier molecular flexibility index (Phi) is 6.64. The molecule has 0 atom stereocenters. The number of amides is 2. The Hall–Kier alpha value is -3.16. The molecule has 154 valence electrons. The summed E-state index contributed by atoms with van der Waals surface area (Å²) in [7, 11) is 0. The Morgan fingerprint density at radius 3 is 2.17 bits per heavy atom. The van der Waals surface area contributed by atoms with Gasteiger partial charge in [0.15, 0.2) is 18.1 Å². The Morgan fingerprint density at radius 1 is 0.931 bits per heavy atom. The highest BCUT2D eigenvalue weighted by molar-refractivity contribution is 5.94. The summed E-state index contributed by atoms with van der Waals surface area (Å²) in [6, 6.07) is 9.97. The molecular weight excluding hydrogens is 382 g/mol. The molecule has 0 saturated carbocycles. The van der Waals surface area contributed by atoms with E-state index in [4.69, 9.17) is 9.47 Å². The van der Waals surface area contributed by atoms with E-state index in [9.17, 15) is 18.4 Å². The summed E-state index contributed by atoms with van der Waals surface area (Å²) in [4.78, 5) is 27.9. The normalized spacial score (nSPS) is 13.9. The first-order chi connectivity index (χ1) is 14.0. The second-order valence-corrected chi connectivity index (χ2v) is 6.47. The predicted octanol–water partition coefficient (Wildman–Crippen LogP) is 2.73. The summed E-state index contributed by atoms with van der Waals surface area (Å²) in [6.07, 6.45) is 0. The van der Waals surface area contributed by atoms with Crippen LogP contribution in [0.4, 0.5) is 8.78 Å². The molecule has 0 aliphatic carbocycles. The molecule has 3 rings (SSSR count).